The Morgan fingerprint density at radius 2 is 1.62 bits per heavy atom. The molecule has 0 radical (unpaired) electrons. The number of carbonyl (C=O) groups is 1. The van der Waals surface area contributed by atoms with Crippen LogP contribution in [0.25, 0.3) is 0 Å². The van der Waals surface area contributed by atoms with E-state index in [0.29, 0.717) is 5.69 Å². The Morgan fingerprint density at radius 1 is 1.04 bits per heavy atom. The molecule has 5 nitrogen and oxygen atoms in total. The highest BCUT2D eigenvalue weighted by molar-refractivity contribution is 7.89. The fraction of sp³-hybridized carbons (Fsp3) is 0.316. The van der Waals surface area contributed by atoms with E-state index >= 15 is 0 Å². The molecule has 0 spiro atoms. The summed E-state index contributed by atoms with van der Waals surface area (Å²) in [4.78, 5) is 12.6. The largest absolute Gasteiger partial charge is 0.322 e. The molecule has 0 atom stereocenters. The van der Waals surface area contributed by atoms with Gasteiger partial charge in [-0.15, -0.1) is 0 Å². The number of halogens is 1. The molecule has 0 heterocycles. The van der Waals surface area contributed by atoms with Gasteiger partial charge >= 0.3 is 0 Å². The van der Waals surface area contributed by atoms with E-state index in [4.69, 9.17) is 11.6 Å². The molecule has 0 unspecified atom stereocenters. The van der Waals surface area contributed by atoms with Gasteiger partial charge in [0.1, 0.15) is 0 Å². The molecule has 140 valence electrons. The molecule has 26 heavy (non-hydrogen) atoms. The fourth-order valence-corrected chi connectivity index (χ4v) is 3.43. The first-order valence-corrected chi connectivity index (χ1v) is 9.88. The number of benzene rings is 2. The van der Waals surface area contributed by atoms with Crippen LogP contribution in [0.1, 0.15) is 36.7 Å². The van der Waals surface area contributed by atoms with Crippen LogP contribution in [0.5, 0.6) is 0 Å². The Labute approximate surface area is 160 Å². The number of sulfonamides is 1. The Morgan fingerprint density at radius 3 is 2.12 bits per heavy atom. The van der Waals surface area contributed by atoms with Crippen LogP contribution in [0.15, 0.2) is 47.4 Å². The number of hydrogen-bond donors (Lipinski definition) is 1. The summed E-state index contributed by atoms with van der Waals surface area (Å²) in [6.45, 7) is 6.32. The van der Waals surface area contributed by atoms with Gasteiger partial charge in [-0.05, 0) is 41.3 Å². The second-order valence-corrected chi connectivity index (χ2v) is 9.77. The highest BCUT2D eigenvalue weighted by atomic mass is 35.5. The molecule has 0 aliphatic heterocycles. The van der Waals surface area contributed by atoms with Gasteiger partial charge in [-0.25, -0.2) is 12.7 Å². The van der Waals surface area contributed by atoms with Crippen LogP contribution in [0, 0.1) is 0 Å². The van der Waals surface area contributed by atoms with Crippen LogP contribution in [0.2, 0.25) is 5.02 Å². The fourth-order valence-electron chi connectivity index (χ4n) is 2.30. The van der Waals surface area contributed by atoms with Gasteiger partial charge < -0.3 is 5.32 Å². The molecule has 1 amide bonds. The molecular weight excluding hydrogens is 372 g/mol. The van der Waals surface area contributed by atoms with Gasteiger partial charge in [-0.1, -0.05) is 44.5 Å². The summed E-state index contributed by atoms with van der Waals surface area (Å²) in [5, 5.41) is 2.94. The van der Waals surface area contributed by atoms with Crippen LogP contribution in [0.3, 0.4) is 0 Å². The van der Waals surface area contributed by atoms with Crippen LogP contribution in [0.4, 0.5) is 5.69 Å². The van der Waals surface area contributed by atoms with Crippen LogP contribution in [-0.2, 0) is 15.4 Å². The number of nitrogens with one attached hydrogen (secondary N) is 1. The first-order chi connectivity index (χ1) is 11.9. The molecule has 0 aliphatic rings. The predicted octanol–water partition coefficient (Wildman–Crippen LogP) is 4.14. The minimum Gasteiger partial charge on any atom is -0.322 e. The molecule has 2 aromatic rings. The highest BCUT2D eigenvalue weighted by Crippen LogP contribution is 2.25. The molecule has 0 aliphatic carbocycles. The first kappa shape index (κ1) is 20.4. The van der Waals surface area contributed by atoms with Gasteiger partial charge in [0, 0.05) is 19.8 Å². The summed E-state index contributed by atoms with van der Waals surface area (Å²) in [7, 11) is -0.788. The summed E-state index contributed by atoms with van der Waals surface area (Å²) in [5.74, 6) is -0.464. The number of rotatable bonds is 4. The van der Waals surface area contributed by atoms with E-state index in [0.717, 1.165) is 9.87 Å². The number of hydrogen-bond acceptors (Lipinski definition) is 3. The van der Waals surface area contributed by atoms with Crippen molar-refractivity contribution in [1.82, 2.24) is 4.31 Å². The minimum atomic E-state index is -3.65. The van der Waals surface area contributed by atoms with E-state index in [1.54, 1.807) is 0 Å². The van der Waals surface area contributed by atoms with Gasteiger partial charge in [-0.3, -0.25) is 4.79 Å². The van der Waals surface area contributed by atoms with E-state index in [9.17, 15) is 13.2 Å². The Hall–Kier alpha value is -1.89. The number of anilines is 1. The van der Waals surface area contributed by atoms with Crippen molar-refractivity contribution in [3.8, 4) is 0 Å². The van der Waals surface area contributed by atoms with Gasteiger partial charge in [-0.2, -0.15) is 0 Å². The summed E-state index contributed by atoms with van der Waals surface area (Å²) >= 11 is 6.10. The Balaban J connectivity index is 2.30. The first-order valence-electron chi connectivity index (χ1n) is 8.07. The SMILES string of the molecule is CN(C)S(=O)(=O)c1ccc(Cl)c(C(=O)Nc2ccc(C(C)(C)C)cc2)c1. The monoisotopic (exact) mass is 394 g/mol. The zero-order chi connectivity index (χ0) is 19.7. The number of carbonyl (C=O) groups excluding carboxylic acids is 1. The average molecular weight is 395 g/mol. The molecular formula is C19H23ClN2O3S. The lowest BCUT2D eigenvalue weighted by atomic mass is 9.87. The molecule has 0 saturated carbocycles. The van der Waals surface area contributed by atoms with Crippen molar-refractivity contribution >= 4 is 33.2 Å². The maximum absolute atomic E-state index is 12.6. The molecule has 0 saturated heterocycles. The third-order valence-corrected chi connectivity index (χ3v) is 6.11. The molecule has 0 bridgehead atoms. The lowest BCUT2D eigenvalue weighted by molar-refractivity contribution is 0.102. The van der Waals surface area contributed by atoms with Crippen molar-refractivity contribution in [3.63, 3.8) is 0 Å². The van der Waals surface area contributed by atoms with Crippen molar-refractivity contribution in [2.45, 2.75) is 31.1 Å². The Kier molecular flexibility index (Phi) is 5.80. The lowest BCUT2D eigenvalue weighted by Gasteiger charge is -2.19. The lowest BCUT2D eigenvalue weighted by Crippen LogP contribution is -2.23. The van der Waals surface area contributed by atoms with Gasteiger partial charge in [0.2, 0.25) is 10.0 Å². The molecule has 7 heteroatoms. The van der Waals surface area contributed by atoms with E-state index in [1.165, 1.54) is 32.3 Å². The number of amides is 1. The van der Waals surface area contributed by atoms with Crippen molar-refractivity contribution < 1.29 is 13.2 Å². The molecule has 0 aromatic heterocycles. The zero-order valence-electron chi connectivity index (χ0n) is 15.5. The van der Waals surface area contributed by atoms with Crippen LogP contribution >= 0.6 is 11.6 Å². The highest BCUT2D eigenvalue weighted by Gasteiger charge is 2.21. The summed E-state index contributed by atoms with van der Waals surface area (Å²) in [6, 6.07) is 11.6. The van der Waals surface area contributed by atoms with Crippen molar-refractivity contribution in [2.24, 2.45) is 0 Å². The van der Waals surface area contributed by atoms with Gasteiger partial charge in [0.05, 0.1) is 15.5 Å². The van der Waals surface area contributed by atoms with E-state index in [2.05, 4.69) is 26.1 Å². The topological polar surface area (TPSA) is 66.5 Å². The van der Waals surface area contributed by atoms with Crippen molar-refractivity contribution in [3.05, 3.63) is 58.6 Å². The Bertz CT molecular complexity index is 915. The van der Waals surface area contributed by atoms with Gasteiger partial charge in [0.25, 0.3) is 5.91 Å². The van der Waals surface area contributed by atoms with Crippen LogP contribution in [-0.4, -0.2) is 32.7 Å². The van der Waals surface area contributed by atoms with E-state index in [-0.39, 0.29) is 20.9 Å². The van der Waals surface area contributed by atoms with Crippen molar-refractivity contribution in [1.29, 1.82) is 0 Å². The molecule has 0 fully saturated rings. The summed E-state index contributed by atoms with van der Waals surface area (Å²) in [5.41, 5.74) is 1.88. The summed E-state index contributed by atoms with van der Waals surface area (Å²) < 4.78 is 25.6. The average Bonchev–Trinajstić information content (AvgIpc) is 2.54. The van der Waals surface area contributed by atoms with E-state index in [1.807, 2.05) is 24.3 Å². The third kappa shape index (κ3) is 4.44. The van der Waals surface area contributed by atoms with Gasteiger partial charge in [0.15, 0.2) is 0 Å². The number of nitrogens with zero attached hydrogens (tertiary/aromatic N) is 1. The standard InChI is InChI=1S/C19H23ClN2O3S/c1-19(2,3)13-6-8-14(9-7-13)21-18(23)16-12-15(10-11-17(16)20)26(24,25)22(4)5/h6-12H,1-5H3,(H,21,23). The second-order valence-electron chi connectivity index (χ2n) is 7.21. The maximum Gasteiger partial charge on any atom is 0.257 e. The summed E-state index contributed by atoms with van der Waals surface area (Å²) in [6.07, 6.45) is 0. The van der Waals surface area contributed by atoms with Crippen LogP contribution < -0.4 is 5.32 Å². The quantitative estimate of drug-likeness (QED) is 0.847. The molecule has 2 rings (SSSR count). The van der Waals surface area contributed by atoms with Crippen molar-refractivity contribution in [2.75, 3.05) is 19.4 Å². The molecule has 1 N–H and O–H groups in total. The van der Waals surface area contributed by atoms with E-state index < -0.39 is 15.9 Å². The maximum atomic E-state index is 12.6. The smallest absolute Gasteiger partial charge is 0.257 e. The second kappa shape index (κ2) is 7.39. The minimum absolute atomic E-state index is 0.0140. The molecule has 2 aromatic carbocycles. The third-order valence-electron chi connectivity index (χ3n) is 3.97. The normalized spacial score (nSPS) is 12.3. The zero-order valence-corrected chi connectivity index (χ0v) is 17.1. The predicted molar refractivity (Wildman–Crippen MR) is 105 cm³/mol.